The van der Waals surface area contributed by atoms with Crippen molar-refractivity contribution in [3.8, 4) is 22.9 Å². The molecule has 6 aromatic heterocycles. The highest BCUT2D eigenvalue weighted by molar-refractivity contribution is 6.30. The molecule has 0 unspecified atom stereocenters. The summed E-state index contributed by atoms with van der Waals surface area (Å²) in [5, 5.41) is 4.25. The van der Waals surface area contributed by atoms with Crippen molar-refractivity contribution < 1.29 is 9.47 Å². The monoisotopic (exact) mass is 769 g/mol. The lowest BCUT2D eigenvalue weighted by molar-refractivity contribution is 0.300. The van der Waals surface area contributed by atoms with Crippen LogP contribution < -0.4 is 36.5 Å². The Hall–Kier alpha value is -5.60. The molecule has 0 radical (unpaired) electrons. The van der Waals surface area contributed by atoms with Crippen LogP contribution >= 0.6 is 23.2 Å². The van der Waals surface area contributed by atoms with Crippen LogP contribution in [0.25, 0.3) is 11.4 Å². The van der Waals surface area contributed by atoms with Gasteiger partial charge in [0.25, 0.3) is 11.1 Å². The number of nitrogens with two attached hydrogens (primary N) is 1. The van der Waals surface area contributed by atoms with Crippen molar-refractivity contribution in [2.45, 2.75) is 26.1 Å². The van der Waals surface area contributed by atoms with Crippen molar-refractivity contribution >= 4 is 29.0 Å². The van der Waals surface area contributed by atoms with Gasteiger partial charge in [-0.2, -0.15) is 0 Å². The molecule has 0 aliphatic rings. The van der Waals surface area contributed by atoms with E-state index in [-0.39, 0.29) is 24.3 Å². The molecule has 6 rings (SSSR count). The number of aryl methyl sites for hydroxylation is 1. The number of anilines is 1. The first kappa shape index (κ1) is 39.6. The average molecular weight is 771 g/mol. The van der Waals surface area contributed by atoms with Crippen LogP contribution in [0.1, 0.15) is 23.5 Å². The number of nitrogens with one attached hydrogen (secondary N) is 1. The minimum absolute atomic E-state index is 0.179. The van der Waals surface area contributed by atoms with Gasteiger partial charge >= 0.3 is 0 Å². The summed E-state index contributed by atoms with van der Waals surface area (Å²) < 4.78 is 14.3. The van der Waals surface area contributed by atoms with E-state index in [1.807, 2.05) is 43.3 Å². The van der Waals surface area contributed by atoms with Crippen LogP contribution in [-0.2, 0) is 19.6 Å². The maximum Gasteiger partial charge on any atom is 0.258 e. The Morgan fingerprint density at radius 1 is 0.704 bits per heavy atom. The zero-order valence-electron chi connectivity index (χ0n) is 29.9. The van der Waals surface area contributed by atoms with Gasteiger partial charge in [-0.25, -0.2) is 4.98 Å². The van der Waals surface area contributed by atoms with Gasteiger partial charge in [0.1, 0.15) is 30.5 Å². The standard InChI is InChI=1S/C20H21ClN4O2.C19H20ClN5O2/c1-22-9-2-3-16-6-7-18(13-24-16)25-10-8-19(11-20(25)26)27-14-17-5-4-15(21)12-23-17;1-24(9-7-21)18-5-4-16(12-23-18)25-8-6-17(10-19(25)26)27-13-15-3-2-14(20)11-22-15/h4-8,10-13,22H,2-3,9,14H2,1H3;2-6,8,10-12H,7,9,13,21H2,1H3. The quantitative estimate of drug-likeness (QED) is 0.131. The molecule has 0 fully saturated rings. The summed E-state index contributed by atoms with van der Waals surface area (Å²) in [5.41, 5.74) is 9.05. The van der Waals surface area contributed by atoms with Crippen LogP contribution in [0.5, 0.6) is 11.5 Å². The molecule has 0 bridgehead atoms. The lowest BCUT2D eigenvalue weighted by Crippen LogP contribution is -2.25. The lowest BCUT2D eigenvalue weighted by Gasteiger charge is -2.17. The highest BCUT2D eigenvalue weighted by Crippen LogP contribution is 2.16. The van der Waals surface area contributed by atoms with Crippen molar-refractivity contribution in [3.05, 3.63) is 158 Å². The van der Waals surface area contributed by atoms with Gasteiger partial charge in [-0.05, 0) is 87.1 Å². The Kier molecular flexibility index (Phi) is 14.7. The summed E-state index contributed by atoms with van der Waals surface area (Å²) in [5.74, 6) is 1.76. The van der Waals surface area contributed by atoms with Crippen molar-refractivity contribution in [2.75, 3.05) is 38.6 Å². The van der Waals surface area contributed by atoms with Crippen LogP contribution in [0.2, 0.25) is 10.0 Å². The van der Waals surface area contributed by atoms with Crippen LogP contribution in [0.15, 0.2) is 120 Å². The van der Waals surface area contributed by atoms with E-state index >= 15 is 0 Å². The molecule has 0 spiro atoms. The zero-order chi connectivity index (χ0) is 38.3. The number of aromatic nitrogens is 6. The normalized spacial score (nSPS) is 10.7. The topological polar surface area (TPSA) is 155 Å². The van der Waals surface area contributed by atoms with E-state index in [0.29, 0.717) is 40.3 Å². The highest BCUT2D eigenvalue weighted by atomic mass is 35.5. The molecular weight excluding hydrogens is 729 g/mol. The molecule has 0 aromatic carbocycles. The van der Waals surface area contributed by atoms with Crippen LogP contribution in [0.3, 0.4) is 0 Å². The van der Waals surface area contributed by atoms with Gasteiger partial charge in [-0.15, -0.1) is 0 Å². The lowest BCUT2D eigenvalue weighted by atomic mass is 10.2. The summed E-state index contributed by atoms with van der Waals surface area (Å²) in [7, 11) is 3.85. The number of rotatable bonds is 15. The molecule has 13 nitrogen and oxygen atoms in total. The minimum Gasteiger partial charge on any atom is -0.487 e. The molecule has 15 heteroatoms. The van der Waals surface area contributed by atoms with Crippen LogP contribution in [-0.4, -0.2) is 62.8 Å². The van der Waals surface area contributed by atoms with E-state index in [0.717, 1.165) is 48.0 Å². The number of hydrogen-bond donors (Lipinski definition) is 2. The Morgan fingerprint density at radius 2 is 1.22 bits per heavy atom. The smallest absolute Gasteiger partial charge is 0.258 e. The Bertz CT molecular complexity index is 2180. The molecule has 280 valence electrons. The van der Waals surface area contributed by atoms with Gasteiger partial charge in [0, 0.05) is 62.8 Å². The number of pyridine rings is 6. The first-order valence-corrected chi connectivity index (χ1v) is 17.9. The minimum atomic E-state index is -0.207. The van der Waals surface area contributed by atoms with Gasteiger partial charge in [0.2, 0.25) is 0 Å². The molecule has 6 heterocycles. The molecular formula is C39H41Cl2N9O4. The van der Waals surface area contributed by atoms with Gasteiger partial charge in [-0.3, -0.25) is 33.7 Å². The highest BCUT2D eigenvalue weighted by Gasteiger charge is 2.07. The van der Waals surface area contributed by atoms with Crippen LogP contribution in [0, 0.1) is 0 Å². The number of likely N-dealkylation sites (N-methyl/N-ethyl adjacent to an activating group) is 1. The van der Waals surface area contributed by atoms with E-state index < -0.39 is 0 Å². The van der Waals surface area contributed by atoms with Gasteiger partial charge in [0.15, 0.2) is 0 Å². The van der Waals surface area contributed by atoms with Gasteiger partial charge < -0.3 is 25.4 Å². The Morgan fingerprint density at radius 3 is 1.65 bits per heavy atom. The van der Waals surface area contributed by atoms with E-state index in [1.54, 1.807) is 73.6 Å². The predicted octanol–water partition coefficient (Wildman–Crippen LogP) is 5.27. The fourth-order valence-electron chi connectivity index (χ4n) is 5.03. The summed E-state index contributed by atoms with van der Waals surface area (Å²) in [6, 6.07) is 21.0. The Labute approximate surface area is 323 Å². The number of nitrogens with zero attached hydrogens (tertiary/aromatic N) is 7. The molecule has 54 heavy (non-hydrogen) atoms. The fourth-order valence-corrected chi connectivity index (χ4v) is 5.26. The molecule has 0 saturated heterocycles. The second kappa shape index (κ2) is 20.0. The summed E-state index contributed by atoms with van der Waals surface area (Å²) in [6.07, 6.45) is 11.8. The summed E-state index contributed by atoms with van der Waals surface area (Å²) in [4.78, 5) is 43.9. The zero-order valence-corrected chi connectivity index (χ0v) is 31.5. The summed E-state index contributed by atoms with van der Waals surface area (Å²) in [6.45, 7) is 2.73. The van der Waals surface area contributed by atoms with E-state index in [2.05, 4.69) is 25.3 Å². The van der Waals surface area contributed by atoms with Gasteiger partial charge in [0.05, 0.1) is 45.2 Å². The molecule has 0 aliphatic heterocycles. The second-order valence-electron chi connectivity index (χ2n) is 12.0. The number of hydrogen-bond acceptors (Lipinski definition) is 11. The molecule has 0 atom stereocenters. The largest absolute Gasteiger partial charge is 0.487 e. The molecule has 6 aromatic rings. The average Bonchev–Trinajstić information content (AvgIpc) is 3.18. The molecule has 3 N–H and O–H groups in total. The number of ether oxygens (including phenoxy) is 2. The third kappa shape index (κ3) is 11.7. The fraction of sp³-hybridized carbons (Fsp3) is 0.231. The van der Waals surface area contributed by atoms with E-state index in [4.69, 9.17) is 38.4 Å². The van der Waals surface area contributed by atoms with E-state index in [9.17, 15) is 9.59 Å². The third-order valence-electron chi connectivity index (χ3n) is 7.95. The number of halogens is 2. The summed E-state index contributed by atoms with van der Waals surface area (Å²) >= 11 is 11.6. The van der Waals surface area contributed by atoms with Crippen LogP contribution in [0.4, 0.5) is 5.82 Å². The van der Waals surface area contributed by atoms with Crippen molar-refractivity contribution in [2.24, 2.45) is 5.73 Å². The SMILES string of the molecule is CN(CCN)c1ccc(-n2ccc(OCc3ccc(Cl)cn3)cc2=O)cn1.CNCCCc1ccc(-n2ccc(OCc3ccc(Cl)cn3)cc2=O)cn1. The maximum atomic E-state index is 12.4. The first-order valence-electron chi connectivity index (χ1n) is 17.1. The third-order valence-corrected chi connectivity index (χ3v) is 8.39. The predicted molar refractivity (Wildman–Crippen MR) is 211 cm³/mol. The van der Waals surface area contributed by atoms with Crippen molar-refractivity contribution in [1.29, 1.82) is 0 Å². The molecule has 0 aliphatic carbocycles. The Balaban J connectivity index is 0.000000208. The van der Waals surface area contributed by atoms with Gasteiger partial charge in [-0.1, -0.05) is 23.2 Å². The first-order chi connectivity index (χ1) is 26.2. The maximum absolute atomic E-state index is 12.4. The van der Waals surface area contributed by atoms with Crippen molar-refractivity contribution in [1.82, 2.24) is 34.4 Å². The van der Waals surface area contributed by atoms with E-state index in [1.165, 1.54) is 21.3 Å². The second-order valence-corrected chi connectivity index (χ2v) is 12.8. The van der Waals surface area contributed by atoms with Crippen molar-refractivity contribution in [3.63, 3.8) is 0 Å². The molecule has 0 saturated carbocycles. The molecule has 0 amide bonds.